The van der Waals surface area contributed by atoms with E-state index < -0.39 is 0 Å². The number of methoxy groups -OCH3 is 1. The highest BCUT2D eigenvalue weighted by atomic mass is 35.5. The van der Waals surface area contributed by atoms with Gasteiger partial charge in [-0.2, -0.15) is 0 Å². The molecule has 7 heteroatoms. The van der Waals surface area contributed by atoms with Crippen molar-refractivity contribution < 1.29 is 9.53 Å². The summed E-state index contributed by atoms with van der Waals surface area (Å²) in [6, 6.07) is 8.83. The number of hydrogen-bond acceptors (Lipinski definition) is 4. The molecular weight excluding hydrogens is 349 g/mol. The van der Waals surface area contributed by atoms with Gasteiger partial charge in [-0.25, -0.2) is 4.98 Å². The molecule has 0 N–H and O–H groups in total. The number of rotatable bonds is 3. The van der Waals surface area contributed by atoms with E-state index >= 15 is 0 Å². The molecule has 0 radical (unpaired) electrons. The number of aromatic nitrogens is 1. The van der Waals surface area contributed by atoms with Gasteiger partial charge < -0.3 is 14.5 Å². The second kappa shape index (κ2) is 7.28. The minimum Gasteiger partial charge on any atom is -0.497 e. The van der Waals surface area contributed by atoms with Crippen LogP contribution in [0.2, 0.25) is 10.0 Å². The largest absolute Gasteiger partial charge is 0.497 e. The number of carbonyl (C=O) groups is 1. The molecule has 0 unspecified atom stereocenters. The molecule has 126 valence electrons. The van der Waals surface area contributed by atoms with Gasteiger partial charge in [-0.1, -0.05) is 23.2 Å². The summed E-state index contributed by atoms with van der Waals surface area (Å²) in [5.41, 5.74) is 0.659. The van der Waals surface area contributed by atoms with Crippen LogP contribution in [0.4, 0.5) is 5.82 Å². The lowest BCUT2D eigenvalue weighted by Crippen LogP contribution is -2.49. The Morgan fingerprint density at radius 1 is 1.12 bits per heavy atom. The van der Waals surface area contributed by atoms with Crippen LogP contribution in [0.3, 0.4) is 0 Å². The number of benzene rings is 1. The molecule has 1 aliphatic heterocycles. The van der Waals surface area contributed by atoms with Gasteiger partial charge >= 0.3 is 0 Å². The number of amides is 1. The smallest absolute Gasteiger partial charge is 0.253 e. The first kappa shape index (κ1) is 16.9. The molecule has 1 aliphatic rings. The summed E-state index contributed by atoms with van der Waals surface area (Å²) >= 11 is 12.1. The van der Waals surface area contributed by atoms with Crippen molar-refractivity contribution in [3.05, 3.63) is 52.1 Å². The standard InChI is InChI=1S/C17H17Cl2N3O2/c1-24-14-4-2-12(3-5-14)17(23)22-8-6-21(7-9-22)16-15(19)10-13(18)11-20-16/h2-5,10-11H,6-9H2,1H3. The Kier molecular flexibility index (Phi) is 5.11. The fraction of sp³-hybridized carbons (Fsp3) is 0.294. The van der Waals surface area contributed by atoms with Gasteiger partial charge in [0.2, 0.25) is 0 Å². The van der Waals surface area contributed by atoms with E-state index in [2.05, 4.69) is 9.88 Å². The fourth-order valence-electron chi connectivity index (χ4n) is 2.68. The highest BCUT2D eigenvalue weighted by molar-refractivity contribution is 6.36. The topological polar surface area (TPSA) is 45.7 Å². The Labute approximate surface area is 150 Å². The van der Waals surface area contributed by atoms with Gasteiger partial charge in [0, 0.05) is 37.9 Å². The van der Waals surface area contributed by atoms with Crippen LogP contribution >= 0.6 is 23.2 Å². The molecule has 1 fully saturated rings. The van der Waals surface area contributed by atoms with E-state index in [0.29, 0.717) is 47.6 Å². The summed E-state index contributed by atoms with van der Waals surface area (Å²) in [4.78, 5) is 20.8. The Balaban J connectivity index is 1.64. The summed E-state index contributed by atoms with van der Waals surface area (Å²) in [6.07, 6.45) is 1.58. The van der Waals surface area contributed by atoms with Gasteiger partial charge in [-0.15, -0.1) is 0 Å². The zero-order valence-electron chi connectivity index (χ0n) is 13.2. The number of nitrogens with zero attached hydrogens (tertiary/aromatic N) is 3. The Morgan fingerprint density at radius 3 is 2.38 bits per heavy atom. The van der Waals surface area contributed by atoms with Gasteiger partial charge in [0.05, 0.1) is 17.2 Å². The molecule has 0 spiro atoms. The highest BCUT2D eigenvalue weighted by Gasteiger charge is 2.24. The lowest BCUT2D eigenvalue weighted by molar-refractivity contribution is 0.0746. The monoisotopic (exact) mass is 365 g/mol. The molecule has 1 aromatic heterocycles. The second-order valence-corrected chi connectivity index (χ2v) is 6.31. The summed E-state index contributed by atoms with van der Waals surface area (Å²) < 4.78 is 5.12. The lowest BCUT2D eigenvalue weighted by Gasteiger charge is -2.35. The third-order valence-electron chi connectivity index (χ3n) is 3.99. The number of pyridine rings is 1. The zero-order valence-corrected chi connectivity index (χ0v) is 14.7. The summed E-state index contributed by atoms with van der Waals surface area (Å²) in [5.74, 6) is 1.46. The predicted molar refractivity (Wildman–Crippen MR) is 95.4 cm³/mol. The average Bonchev–Trinajstić information content (AvgIpc) is 2.61. The Hall–Kier alpha value is -1.98. The van der Waals surface area contributed by atoms with E-state index in [4.69, 9.17) is 27.9 Å². The van der Waals surface area contributed by atoms with Crippen LogP contribution in [0.1, 0.15) is 10.4 Å². The molecule has 2 aromatic rings. The van der Waals surface area contributed by atoms with Crippen LogP contribution in [-0.4, -0.2) is 49.1 Å². The van der Waals surface area contributed by atoms with Crippen molar-refractivity contribution >= 4 is 34.9 Å². The average molecular weight is 366 g/mol. The molecular formula is C17H17Cl2N3O2. The van der Waals surface area contributed by atoms with Crippen LogP contribution in [-0.2, 0) is 0 Å². The van der Waals surface area contributed by atoms with Gasteiger partial charge in [0.1, 0.15) is 11.6 Å². The van der Waals surface area contributed by atoms with Gasteiger partial charge in [0.15, 0.2) is 0 Å². The van der Waals surface area contributed by atoms with Gasteiger partial charge in [-0.3, -0.25) is 4.79 Å². The van der Waals surface area contributed by atoms with Crippen molar-refractivity contribution in [2.45, 2.75) is 0 Å². The van der Waals surface area contributed by atoms with E-state index in [-0.39, 0.29) is 5.91 Å². The van der Waals surface area contributed by atoms with Crippen molar-refractivity contribution in [2.24, 2.45) is 0 Å². The van der Waals surface area contributed by atoms with Gasteiger partial charge in [0.25, 0.3) is 5.91 Å². The number of anilines is 1. The molecule has 1 aromatic carbocycles. The molecule has 0 bridgehead atoms. The molecule has 24 heavy (non-hydrogen) atoms. The first-order valence-electron chi connectivity index (χ1n) is 7.58. The molecule has 0 saturated carbocycles. The Morgan fingerprint density at radius 2 is 1.79 bits per heavy atom. The second-order valence-electron chi connectivity index (χ2n) is 5.47. The lowest BCUT2D eigenvalue weighted by atomic mass is 10.1. The van der Waals surface area contributed by atoms with Crippen molar-refractivity contribution in [2.75, 3.05) is 38.2 Å². The van der Waals surface area contributed by atoms with Crippen LogP contribution in [0.25, 0.3) is 0 Å². The van der Waals surface area contributed by atoms with Crippen LogP contribution in [0.5, 0.6) is 5.75 Å². The maximum Gasteiger partial charge on any atom is 0.253 e. The molecule has 1 amide bonds. The zero-order chi connectivity index (χ0) is 17.1. The Bertz CT molecular complexity index is 729. The van der Waals surface area contributed by atoms with E-state index in [0.717, 1.165) is 5.75 Å². The van der Waals surface area contributed by atoms with E-state index in [9.17, 15) is 4.79 Å². The predicted octanol–water partition coefficient (Wildman–Crippen LogP) is 3.36. The van der Waals surface area contributed by atoms with Crippen molar-refractivity contribution in [3.63, 3.8) is 0 Å². The summed E-state index contributed by atoms with van der Waals surface area (Å²) in [7, 11) is 1.60. The maximum absolute atomic E-state index is 12.6. The first-order chi connectivity index (χ1) is 11.6. The van der Waals surface area contributed by atoms with E-state index in [1.165, 1.54) is 0 Å². The fourth-order valence-corrected chi connectivity index (χ4v) is 3.18. The maximum atomic E-state index is 12.6. The van der Waals surface area contributed by atoms with E-state index in [1.807, 2.05) is 4.90 Å². The van der Waals surface area contributed by atoms with Gasteiger partial charge in [-0.05, 0) is 30.3 Å². The SMILES string of the molecule is COc1ccc(C(=O)N2CCN(c3ncc(Cl)cc3Cl)CC2)cc1. The van der Waals surface area contributed by atoms with E-state index in [1.54, 1.807) is 43.6 Å². The third-order valence-corrected chi connectivity index (χ3v) is 4.48. The number of piperazine rings is 1. The van der Waals surface area contributed by atoms with Crippen LogP contribution in [0, 0.1) is 0 Å². The number of carbonyl (C=O) groups excluding carboxylic acids is 1. The number of hydrogen-bond donors (Lipinski definition) is 0. The highest BCUT2D eigenvalue weighted by Crippen LogP contribution is 2.27. The molecule has 1 saturated heterocycles. The minimum atomic E-state index is 0.0208. The van der Waals surface area contributed by atoms with Crippen LogP contribution in [0.15, 0.2) is 36.5 Å². The summed E-state index contributed by atoms with van der Waals surface area (Å²) in [5, 5.41) is 1.04. The quantitative estimate of drug-likeness (QED) is 0.836. The first-order valence-corrected chi connectivity index (χ1v) is 8.33. The molecule has 0 atom stereocenters. The van der Waals surface area contributed by atoms with Crippen molar-refractivity contribution in [1.82, 2.24) is 9.88 Å². The third kappa shape index (κ3) is 3.57. The minimum absolute atomic E-state index is 0.0208. The number of ether oxygens (including phenoxy) is 1. The normalized spacial score (nSPS) is 14.6. The number of halogens is 2. The van der Waals surface area contributed by atoms with Crippen molar-refractivity contribution in [1.29, 1.82) is 0 Å². The summed E-state index contributed by atoms with van der Waals surface area (Å²) in [6.45, 7) is 2.59. The molecule has 5 nitrogen and oxygen atoms in total. The molecule has 0 aliphatic carbocycles. The van der Waals surface area contributed by atoms with Crippen molar-refractivity contribution in [3.8, 4) is 5.75 Å². The van der Waals surface area contributed by atoms with Crippen LogP contribution < -0.4 is 9.64 Å². The molecule has 2 heterocycles. The molecule has 3 rings (SSSR count).